The first-order valence-electron chi connectivity index (χ1n) is 5.75. The van der Waals surface area contributed by atoms with Gasteiger partial charge in [0, 0.05) is 0 Å². The van der Waals surface area contributed by atoms with Gasteiger partial charge in [-0.3, -0.25) is 4.79 Å². The second-order valence-electron chi connectivity index (χ2n) is 4.55. The third kappa shape index (κ3) is 2.46. The summed E-state index contributed by atoms with van der Waals surface area (Å²) in [5.41, 5.74) is 0.281. The van der Waals surface area contributed by atoms with Crippen LogP contribution in [0.1, 0.15) is 24.8 Å². The molecule has 0 radical (unpaired) electrons. The quantitative estimate of drug-likeness (QED) is 0.881. The molecule has 1 aromatic carbocycles. The molecule has 0 saturated heterocycles. The van der Waals surface area contributed by atoms with Crippen LogP contribution < -0.4 is 0 Å². The van der Waals surface area contributed by atoms with Crippen molar-refractivity contribution in [3.8, 4) is 0 Å². The number of carboxylic acids is 1. The molecule has 0 aromatic heterocycles. The van der Waals surface area contributed by atoms with E-state index < -0.39 is 23.5 Å². The number of hydrogen-bond donors (Lipinski definition) is 1. The van der Waals surface area contributed by atoms with Crippen molar-refractivity contribution in [3.05, 3.63) is 35.4 Å². The predicted octanol–water partition coefficient (Wildman–Crippen LogP) is 3.01. The lowest BCUT2D eigenvalue weighted by Gasteiger charge is -2.16. The Labute approximate surface area is 98.3 Å². The Bertz CT molecular complexity index is 431. The Kier molecular flexibility index (Phi) is 3.41. The van der Waals surface area contributed by atoms with Crippen LogP contribution in [0.15, 0.2) is 18.2 Å². The van der Waals surface area contributed by atoms with E-state index in [2.05, 4.69) is 0 Å². The topological polar surface area (TPSA) is 37.3 Å². The smallest absolute Gasteiger partial charge is 0.306 e. The van der Waals surface area contributed by atoms with Gasteiger partial charge in [-0.15, -0.1) is 0 Å². The average molecular weight is 240 g/mol. The van der Waals surface area contributed by atoms with Gasteiger partial charge in [-0.1, -0.05) is 18.6 Å². The van der Waals surface area contributed by atoms with Crippen LogP contribution in [0.25, 0.3) is 0 Å². The molecule has 0 amide bonds. The maximum Gasteiger partial charge on any atom is 0.306 e. The summed E-state index contributed by atoms with van der Waals surface area (Å²) in [6, 6.07) is 4.05. The molecule has 4 heteroatoms. The summed E-state index contributed by atoms with van der Waals surface area (Å²) in [4.78, 5) is 11.0. The van der Waals surface area contributed by atoms with Crippen molar-refractivity contribution in [2.45, 2.75) is 25.7 Å². The van der Waals surface area contributed by atoms with Gasteiger partial charge in [0.15, 0.2) is 11.6 Å². The lowest BCUT2D eigenvalue weighted by molar-refractivity contribution is -0.142. The zero-order chi connectivity index (χ0) is 12.4. The Morgan fingerprint density at radius 3 is 2.82 bits per heavy atom. The molecule has 2 rings (SSSR count). The van der Waals surface area contributed by atoms with E-state index in [0.717, 1.165) is 18.9 Å². The van der Waals surface area contributed by atoms with Gasteiger partial charge >= 0.3 is 5.97 Å². The summed E-state index contributed by atoms with van der Waals surface area (Å²) >= 11 is 0. The molecule has 1 aliphatic carbocycles. The highest BCUT2D eigenvalue weighted by atomic mass is 19.2. The van der Waals surface area contributed by atoms with Crippen LogP contribution in [0.2, 0.25) is 0 Å². The molecule has 0 aliphatic heterocycles. The van der Waals surface area contributed by atoms with E-state index in [9.17, 15) is 13.6 Å². The molecule has 1 N–H and O–H groups in total. The third-order valence-electron chi connectivity index (χ3n) is 3.49. The van der Waals surface area contributed by atoms with Crippen molar-refractivity contribution in [2.75, 3.05) is 0 Å². The molecule has 2 unspecified atom stereocenters. The first kappa shape index (κ1) is 12.0. The second kappa shape index (κ2) is 4.82. The zero-order valence-corrected chi connectivity index (χ0v) is 9.33. The van der Waals surface area contributed by atoms with Crippen LogP contribution in [0.4, 0.5) is 8.78 Å². The van der Waals surface area contributed by atoms with Crippen LogP contribution >= 0.6 is 0 Å². The first-order valence-corrected chi connectivity index (χ1v) is 5.75. The Morgan fingerprint density at radius 2 is 2.12 bits per heavy atom. The van der Waals surface area contributed by atoms with Gasteiger partial charge in [-0.25, -0.2) is 8.78 Å². The Balaban J connectivity index is 2.15. The maximum atomic E-state index is 13.5. The monoisotopic (exact) mass is 240 g/mol. The molecule has 1 aromatic rings. The number of halogens is 2. The highest BCUT2D eigenvalue weighted by molar-refractivity contribution is 5.70. The number of carboxylic acid groups (broad SMARTS) is 1. The minimum Gasteiger partial charge on any atom is -0.481 e. The maximum absolute atomic E-state index is 13.5. The van der Waals surface area contributed by atoms with Crippen molar-refractivity contribution in [1.29, 1.82) is 0 Å². The van der Waals surface area contributed by atoms with Gasteiger partial charge in [0.2, 0.25) is 0 Å². The van der Waals surface area contributed by atoms with Crippen molar-refractivity contribution < 1.29 is 18.7 Å². The molecular weight excluding hydrogens is 226 g/mol. The highest BCUT2D eigenvalue weighted by Gasteiger charge is 2.33. The molecule has 1 fully saturated rings. The number of benzene rings is 1. The number of hydrogen-bond acceptors (Lipinski definition) is 1. The van der Waals surface area contributed by atoms with Crippen LogP contribution in [0.3, 0.4) is 0 Å². The summed E-state index contributed by atoms with van der Waals surface area (Å²) in [5.74, 6) is -3.04. The summed E-state index contributed by atoms with van der Waals surface area (Å²) in [6.07, 6.45) is 2.56. The van der Waals surface area contributed by atoms with Crippen LogP contribution in [0.5, 0.6) is 0 Å². The van der Waals surface area contributed by atoms with Gasteiger partial charge in [0.05, 0.1) is 5.92 Å². The molecule has 2 nitrogen and oxygen atoms in total. The molecule has 17 heavy (non-hydrogen) atoms. The van der Waals surface area contributed by atoms with E-state index in [-0.39, 0.29) is 11.5 Å². The van der Waals surface area contributed by atoms with Crippen molar-refractivity contribution in [2.24, 2.45) is 11.8 Å². The summed E-state index contributed by atoms with van der Waals surface area (Å²) < 4.78 is 26.5. The van der Waals surface area contributed by atoms with Gasteiger partial charge < -0.3 is 5.11 Å². The van der Waals surface area contributed by atoms with Gasteiger partial charge in [0.25, 0.3) is 0 Å². The minimum absolute atomic E-state index is 0.0798. The van der Waals surface area contributed by atoms with Crippen molar-refractivity contribution in [3.63, 3.8) is 0 Å². The summed E-state index contributed by atoms with van der Waals surface area (Å²) in [6.45, 7) is 0. The second-order valence-corrected chi connectivity index (χ2v) is 4.55. The molecule has 0 spiro atoms. The van der Waals surface area contributed by atoms with Crippen LogP contribution in [-0.4, -0.2) is 11.1 Å². The fraction of sp³-hybridized carbons (Fsp3) is 0.462. The molecule has 2 atom stereocenters. The van der Waals surface area contributed by atoms with Gasteiger partial charge in [-0.05, 0) is 36.8 Å². The normalized spacial score (nSPS) is 23.9. The minimum atomic E-state index is -0.868. The third-order valence-corrected chi connectivity index (χ3v) is 3.49. The SMILES string of the molecule is O=C(O)C1CCCC1Cc1cccc(F)c1F. The van der Waals surface area contributed by atoms with Crippen molar-refractivity contribution in [1.82, 2.24) is 0 Å². The lowest BCUT2D eigenvalue weighted by Crippen LogP contribution is -2.20. The fourth-order valence-electron chi connectivity index (χ4n) is 2.59. The number of rotatable bonds is 3. The molecule has 92 valence electrons. The van der Waals surface area contributed by atoms with E-state index in [0.29, 0.717) is 12.8 Å². The molecule has 1 aliphatic rings. The molecule has 0 heterocycles. The fourth-order valence-corrected chi connectivity index (χ4v) is 2.59. The summed E-state index contributed by atoms with van der Waals surface area (Å²) in [7, 11) is 0. The van der Waals surface area contributed by atoms with E-state index in [1.54, 1.807) is 0 Å². The number of carbonyl (C=O) groups is 1. The average Bonchev–Trinajstić information content (AvgIpc) is 2.73. The highest BCUT2D eigenvalue weighted by Crippen LogP contribution is 2.35. The first-order chi connectivity index (χ1) is 8.09. The van der Waals surface area contributed by atoms with E-state index in [1.165, 1.54) is 12.1 Å². The standard InChI is InChI=1S/C13H14F2O2/c14-11-6-2-4-9(12(11)15)7-8-3-1-5-10(8)13(16)17/h2,4,6,8,10H,1,3,5,7H2,(H,16,17). The molecule has 1 saturated carbocycles. The Hall–Kier alpha value is -1.45. The zero-order valence-electron chi connectivity index (χ0n) is 9.33. The van der Waals surface area contributed by atoms with E-state index >= 15 is 0 Å². The van der Waals surface area contributed by atoms with Crippen molar-refractivity contribution >= 4 is 5.97 Å². The molecule has 0 bridgehead atoms. The lowest BCUT2D eigenvalue weighted by atomic mass is 9.89. The Morgan fingerprint density at radius 1 is 1.35 bits per heavy atom. The largest absolute Gasteiger partial charge is 0.481 e. The van der Waals surface area contributed by atoms with Crippen LogP contribution in [-0.2, 0) is 11.2 Å². The van der Waals surface area contributed by atoms with Gasteiger partial charge in [0.1, 0.15) is 0 Å². The summed E-state index contributed by atoms with van der Waals surface area (Å²) in [5, 5.41) is 9.02. The molecular formula is C13H14F2O2. The van der Waals surface area contributed by atoms with Gasteiger partial charge in [-0.2, -0.15) is 0 Å². The van der Waals surface area contributed by atoms with E-state index in [4.69, 9.17) is 5.11 Å². The van der Waals surface area contributed by atoms with Crippen LogP contribution in [0, 0.1) is 23.5 Å². The van der Waals surface area contributed by atoms with E-state index in [1.807, 2.05) is 0 Å². The number of aliphatic carboxylic acids is 1. The predicted molar refractivity (Wildman–Crippen MR) is 58.5 cm³/mol.